The molecule has 0 bridgehead atoms. The Bertz CT molecular complexity index is 604. The monoisotopic (exact) mass is 404 g/mol. The Hall–Kier alpha value is -1.24. The number of hydrogen-bond donors (Lipinski definition) is 1. The first-order valence-electron chi connectivity index (χ1n) is 8.01. The maximum atomic E-state index is 13.0. The van der Waals surface area contributed by atoms with Gasteiger partial charge in [-0.25, -0.2) is 9.00 Å². The second kappa shape index (κ2) is 10.2. The molecule has 1 amide bonds. The number of nitrogens with two attached hydrogens (primary N) is 1. The molecule has 1 aliphatic heterocycles. The lowest BCUT2D eigenvalue weighted by Gasteiger charge is -2.23. The van der Waals surface area contributed by atoms with Crippen molar-refractivity contribution in [2.75, 3.05) is 37.9 Å². The molecule has 0 radical (unpaired) electrons. The van der Waals surface area contributed by atoms with Crippen LogP contribution in [0, 0.1) is 0 Å². The molecular weight excluding hydrogens is 381 g/mol. The molecule has 0 aromatic carbocycles. The lowest BCUT2D eigenvalue weighted by Crippen LogP contribution is -2.39. The molecule has 0 unspecified atom stereocenters. The number of hydrogen-bond acceptors (Lipinski definition) is 7. The third kappa shape index (κ3) is 7.98. The van der Waals surface area contributed by atoms with Crippen molar-refractivity contribution in [3.8, 4) is 0 Å². The fourth-order valence-electron chi connectivity index (χ4n) is 2.05. The van der Waals surface area contributed by atoms with Crippen molar-refractivity contribution in [1.29, 1.82) is 0 Å². The van der Waals surface area contributed by atoms with Crippen molar-refractivity contribution < 1.29 is 41.2 Å². The van der Waals surface area contributed by atoms with Crippen molar-refractivity contribution in [2.45, 2.75) is 38.1 Å². The van der Waals surface area contributed by atoms with Crippen molar-refractivity contribution in [3.05, 3.63) is 0 Å². The van der Waals surface area contributed by atoms with Crippen LogP contribution in [0.15, 0.2) is 4.36 Å². The van der Waals surface area contributed by atoms with Crippen LogP contribution in [0.5, 0.6) is 0 Å². The molecule has 0 fully saturated rings. The number of ether oxygens (including phenoxy) is 3. The van der Waals surface area contributed by atoms with E-state index in [1.165, 1.54) is 0 Å². The summed E-state index contributed by atoms with van der Waals surface area (Å²) < 4.78 is 69.1. The Morgan fingerprint density at radius 1 is 1.38 bits per heavy atom. The minimum Gasteiger partial charge on any atom is -0.451 e. The number of halogens is 3. The van der Waals surface area contributed by atoms with Gasteiger partial charge in [0, 0.05) is 24.5 Å². The molecule has 12 heteroatoms. The van der Waals surface area contributed by atoms with Gasteiger partial charge in [-0.15, -0.1) is 0 Å². The van der Waals surface area contributed by atoms with Crippen LogP contribution in [0.4, 0.5) is 13.2 Å². The van der Waals surface area contributed by atoms with Crippen LogP contribution in [0.1, 0.15) is 19.8 Å². The number of alkyl halides is 3. The lowest BCUT2D eigenvalue weighted by molar-refractivity contribution is -0.223. The van der Waals surface area contributed by atoms with Crippen LogP contribution >= 0.6 is 0 Å². The molecule has 152 valence electrons. The smallest absolute Gasteiger partial charge is 0.425 e. The highest BCUT2D eigenvalue weighted by Gasteiger charge is 2.43. The number of amides is 1. The van der Waals surface area contributed by atoms with Gasteiger partial charge < -0.3 is 19.9 Å². The summed E-state index contributed by atoms with van der Waals surface area (Å²) in [4.78, 5) is 22.9. The summed E-state index contributed by atoms with van der Waals surface area (Å²) in [5.41, 5.74) is 5.43. The lowest BCUT2D eigenvalue weighted by atomic mass is 10.2. The normalized spacial score (nSPS) is 24.8. The van der Waals surface area contributed by atoms with Gasteiger partial charge in [0.25, 0.3) is 5.91 Å². The Kier molecular flexibility index (Phi) is 8.93. The van der Waals surface area contributed by atoms with Gasteiger partial charge in [-0.1, -0.05) is 0 Å². The van der Waals surface area contributed by atoms with Crippen molar-refractivity contribution in [1.82, 2.24) is 0 Å². The maximum absolute atomic E-state index is 13.0. The average molecular weight is 404 g/mol. The van der Waals surface area contributed by atoms with Crippen LogP contribution in [0.3, 0.4) is 0 Å². The largest absolute Gasteiger partial charge is 0.451 e. The first kappa shape index (κ1) is 22.8. The summed E-state index contributed by atoms with van der Waals surface area (Å²) in [6, 6.07) is -0.880. The standard InChI is InChI=1S/C14H23F3N2O6S/c1-2-23-5-6-24-9-12(20)25-11(14(15,16)17)4-8-26(22)7-3-10(18)13(21)19-26/h10-11H,2-9,18H2,1H3/t10-,11+,26+/m0/s1. The molecule has 1 heterocycles. The highest BCUT2D eigenvalue weighted by atomic mass is 32.2. The minimum absolute atomic E-state index is 0.0364. The number of nitrogens with zero attached hydrogens (tertiary/aromatic N) is 1. The summed E-state index contributed by atoms with van der Waals surface area (Å²) in [7, 11) is -3.13. The number of carbonyl (C=O) groups excluding carboxylic acids is 2. The van der Waals surface area contributed by atoms with E-state index in [0.717, 1.165) is 0 Å². The Morgan fingerprint density at radius 2 is 2.04 bits per heavy atom. The Balaban J connectivity index is 2.57. The van der Waals surface area contributed by atoms with Gasteiger partial charge in [-0.05, 0) is 13.3 Å². The topological polar surface area (TPSA) is 117 Å². The van der Waals surface area contributed by atoms with E-state index in [2.05, 4.69) is 9.10 Å². The predicted octanol–water partition coefficient (Wildman–Crippen LogP) is 0.629. The van der Waals surface area contributed by atoms with Crippen LogP contribution in [-0.4, -0.2) is 72.3 Å². The SMILES string of the molecule is CCOCCOCC(=O)O[C@H](CC[S@@]1(=O)=NC(=O)[C@@H](N)CC1)C(F)(F)F. The van der Waals surface area contributed by atoms with E-state index < -0.39 is 58.7 Å². The van der Waals surface area contributed by atoms with Crippen molar-refractivity contribution in [3.63, 3.8) is 0 Å². The number of esters is 1. The zero-order chi connectivity index (χ0) is 19.8. The highest BCUT2D eigenvalue weighted by molar-refractivity contribution is 7.93. The molecule has 8 nitrogen and oxygen atoms in total. The minimum atomic E-state index is -4.84. The summed E-state index contributed by atoms with van der Waals surface area (Å²) >= 11 is 0. The van der Waals surface area contributed by atoms with Crippen molar-refractivity contribution in [2.24, 2.45) is 10.1 Å². The molecule has 1 rings (SSSR count). The summed E-state index contributed by atoms with van der Waals surface area (Å²) in [6.45, 7) is 1.78. The van der Waals surface area contributed by atoms with E-state index in [9.17, 15) is 27.0 Å². The molecule has 26 heavy (non-hydrogen) atoms. The molecule has 1 aliphatic rings. The molecule has 0 spiro atoms. The third-order valence-corrected chi connectivity index (χ3v) is 5.72. The molecule has 0 saturated carbocycles. The molecule has 3 atom stereocenters. The Morgan fingerprint density at radius 3 is 2.62 bits per heavy atom. The van der Waals surface area contributed by atoms with E-state index >= 15 is 0 Å². The fraction of sp³-hybridized carbons (Fsp3) is 0.857. The van der Waals surface area contributed by atoms with Crippen LogP contribution in [-0.2, 0) is 33.5 Å². The maximum Gasteiger partial charge on any atom is 0.425 e. The molecule has 0 aliphatic carbocycles. The van der Waals surface area contributed by atoms with Crippen LogP contribution < -0.4 is 5.73 Å². The van der Waals surface area contributed by atoms with Gasteiger partial charge in [-0.3, -0.25) is 4.79 Å². The molecular formula is C14H23F3N2O6S. The van der Waals surface area contributed by atoms with E-state index in [0.29, 0.717) is 6.61 Å². The van der Waals surface area contributed by atoms with Crippen molar-refractivity contribution >= 4 is 21.6 Å². The van der Waals surface area contributed by atoms with Crippen LogP contribution in [0.2, 0.25) is 0 Å². The zero-order valence-electron chi connectivity index (χ0n) is 14.3. The zero-order valence-corrected chi connectivity index (χ0v) is 15.1. The summed E-state index contributed by atoms with van der Waals surface area (Å²) in [5.74, 6) is -2.57. The molecule has 2 N–H and O–H groups in total. The van der Waals surface area contributed by atoms with E-state index in [1.54, 1.807) is 6.92 Å². The number of carbonyl (C=O) groups is 2. The van der Waals surface area contributed by atoms with E-state index in [1.807, 2.05) is 0 Å². The van der Waals surface area contributed by atoms with Gasteiger partial charge in [0.05, 0.1) is 29.0 Å². The second-order valence-electron chi connectivity index (χ2n) is 5.56. The van der Waals surface area contributed by atoms with Gasteiger partial charge >= 0.3 is 12.1 Å². The van der Waals surface area contributed by atoms with E-state index in [4.69, 9.17) is 15.2 Å². The predicted molar refractivity (Wildman–Crippen MR) is 85.8 cm³/mol. The summed E-state index contributed by atoms with van der Waals surface area (Å²) in [5, 5.41) is 0. The first-order valence-corrected chi connectivity index (χ1v) is 9.86. The van der Waals surface area contributed by atoms with Gasteiger partial charge in [0.1, 0.15) is 6.61 Å². The fourth-order valence-corrected chi connectivity index (χ4v) is 4.11. The van der Waals surface area contributed by atoms with Gasteiger partial charge in [0.2, 0.25) is 0 Å². The third-order valence-electron chi connectivity index (χ3n) is 3.46. The molecule has 0 aromatic rings. The van der Waals surface area contributed by atoms with Crippen LogP contribution in [0.25, 0.3) is 0 Å². The van der Waals surface area contributed by atoms with E-state index in [-0.39, 0.29) is 25.4 Å². The van der Waals surface area contributed by atoms with Gasteiger partial charge in [0.15, 0.2) is 6.10 Å². The number of rotatable bonds is 10. The first-order chi connectivity index (χ1) is 12.1. The Labute approximate surface area is 149 Å². The highest BCUT2D eigenvalue weighted by Crippen LogP contribution is 2.27. The summed E-state index contributed by atoms with van der Waals surface area (Å²) in [6.07, 6.45) is -7.97. The second-order valence-corrected chi connectivity index (χ2v) is 8.11. The average Bonchev–Trinajstić information content (AvgIpc) is 2.54. The quantitative estimate of drug-likeness (QED) is 0.419. The molecule has 0 aromatic heterocycles. The molecule has 0 saturated heterocycles. The van der Waals surface area contributed by atoms with Gasteiger partial charge in [-0.2, -0.15) is 17.5 Å².